The molecule has 2 N–H and O–H groups in total. The van der Waals surface area contributed by atoms with Gasteiger partial charge in [-0.15, -0.1) is 0 Å². The van der Waals surface area contributed by atoms with Crippen molar-refractivity contribution >= 4 is 12.0 Å². The maximum Gasteiger partial charge on any atom is 0.317 e. The third-order valence-corrected chi connectivity index (χ3v) is 5.52. The Morgan fingerprint density at radius 2 is 1.79 bits per heavy atom. The number of hydrogen-bond donors (Lipinski definition) is 2. The van der Waals surface area contributed by atoms with Gasteiger partial charge in [0.05, 0.1) is 6.54 Å². The predicted molar refractivity (Wildman–Crippen MR) is 112 cm³/mol. The van der Waals surface area contributed by atoms with E-state index in [0.717, 1.165) is 25.8 Å². The third-order valence-electron chi connectivity index (χ3n) is 5.52. The topological polar surface area (TPSA) is 72.9 Å². The molecule has 1 fully saturated rings. The number of rotatable bonds is 7. The van der Waals surface area contributed by atoms with Crippen LogP contribution in [0.4, 0.5) is 4.79 Å². The van der Waals surface area contributed by atoms with E-state index in [1.807, 2.05) is 16.7 Å². The van der Waals surface area contributed by atoms with Crippen LogP contribution in [0.25, 0.3) is 0 Å². The number of benzene rings is 1. The lowest BCUT2D eigenvalue weighted by Gasteiger charge is -2.37. The van der Waals surface area contributed by atoms with E-state index < -0.39 is 5.97 Å². The Hall–Kier alpha value is -2.08. The fraction of sp³-hybridized carbons (Fsp3) is 0.636. The van der Waals surface area contributed by atoms with Gasteiger partial charge in [0.25, 0.3) is 0 Å². The van der Waals surface area contributed by atoms with E-state index in [0.29, 0.717) is 19.6 Å². The minimum atomic E-state index is -0.794. The Kier molecular flexibility index (Phi) is 7.87. The zero-order valence-corrected chi connectivity index (χ0v) is 17.7. The summed E-state index contributed by atoms with van der Waals surface area (Å²) < 4.78 is 0. The van der Waals surface area contributed by atoms with Crippen LogP contribution in [0.3, 0.4) is 0 Å². The van der Waals surface area contributed by atoms with Crippen molar-refractivity contribution in [2.45, 2.75) is 58.4 Å². The van der Waals surface area contributed by atoms with Crippen LogP contribution in [0.5, 0.6) is 0 Å². The second-order valence-corrected chi connectivity index (χ2v) is 8.60. The van der Waals surface area contributed by atoms with Crippen LogP contribution in [0, 0.1) is 0 Å². The Balaban J connectivity index is 1.73. The summed E-state index contributed by atoms with van der Waals surface area (Å²) in [5.41, 5.74) is 2.68. The van der Waals surface area contributed by atoms with Gasteiger partial charge in [0.1, 0.15) is 0 Å². The number of hydrogen-bond acceptors (Lipinski definition) is 3. The Morgan fingerprint density at radius 3 is 2.29 bits per heavy atom. The van der Waals surface area contributed by atoms with Gasteiger partial charge in [-0.25, -0.2) is 4.79 Å². The number of nitrogens with zero attached hydrogens (tertiary/aromatic N) is 2. The van der Waals surface area contributed by atoms with Crippen LogP contribution in [0.15, 0.2) is 24.3 Å². The minimum Gasteiger partial charge on any atom is -0.480 e. The van der Waals surface area contributed by atoms with Crippen molar-refractivity contribution in [1.82, 2.24) is 15.1 Å². The molecular formula is C22H35N3O3. The van der Waals surface area contributed by atoms with Crippen LogP contribution >= 0.6 is 0 Å². The minimum absolute atomic E-state index is 0.0222. The second kappa shape index (κ2) is 9.92. The lowest BCUT2D eigenvalue weighted by molar-refractivity contribution is -0.139. The normalized spacial score (nSPS) is 15.7. The number of carbonyl (C=O) groups excluding carboxylic acids is 1. The molecule has 1 aromatic carbocycles. The molecule has 6 nitrogen and oxygen atoms in total. The number of piperidine rings is 1. The lowest BCUT2D eigenvalue weighted by atomic mass is 9.86. The highest BCUT2D eigenvalue weighted by atomic mass is 16.4. The van der Waals surface area contributed by atoms with Crippen molar-refractivity contribution in [2.24, 2.45) is 0 Å². The van der Waals surface area contributed by atoms with Gasteiger partial charge in [-0.1, -0.05) is 52.0 Å². The molecule has 0 bridgehead atoms. The number of carbonyl (C=O) groups is 2. The summed E-state index contributed by atoms with van der Waals surface area (Å²) in [4.78, 5) is 27.2. The van der Waals surface area contributed by atoms with E-state index in [9.17, 15) is 9.59 Å². The molecule has 0 atom stereocenters. The summed E-state index contributed by atoms with van der Waals surface area (Å²) in [5.74, 6) is -0.794. The Morgan fingerprint density at radius 1 is 1.18 bits per heavy atom. The van der Waals surface area contributed by atoms with Crippen molar-refractivity contribution in [2.75, 3.05) is 32.7 Å². The van der Waals surface area contributed by atoms with Crippen molar-refractivity contribution in [3.8, 4) is 0 Å². The second-order valence-electron chi connectivity index (χ2n) is 8.60. The molecular weight excluding hydrogens is 354 g/mol. The Labute approximate surface area is 168 Å². The molecule has 0 aliphatic carbocycles. The van der Waals surface area contributed by atoms with Crippen molar-refractivity contribution in [3.63, 3.8) is 0 Å². The van der Waals surface area contributed by atoms with Gasteiger partial charge in [0, 0.05) is 25.7 Å². The van der Waals surface area contributed by atoms with E-state index in [4.69, 9.17) is 5.11 Å². The maximum atomic E-state index is 12.4. The number of nitrogens with one attached hydrogen (secondary N) is 1. The van der Waals surface area contributed by atoms with Gasteiger partial charge in [0.2, 0.25) is 0 Å². The third kappa shape index (κ3) is 6.51. The average Bonchev–Trinajstić information content (AvgIpc) is 2.65. The molecule has 0 aromatic heterocycles. The van der Waals surface area contributed by atoms with Crippen LogP contribution in [0.1, 0.15) is 51.7 Å². The van der Waals surface area contributed by atoms with Crippen molar-refractivity contribution in [3.05, 3.63) is 35.4 Å². The van der Waals surface area contributed by atoms with Gasteiger partial charge in [-0.3, -0.25) is 9.69 Å². The van der Waals surface area contributed by atoms with Gasteiger partial charge >= 0.3 is 12.0 Å². The molecule has 1 aliphatic heterocycles. The van der Waals surface area contributed by atoms with Crippen LogP contribution in [-0.2, 0) is 16.6 Å². The monoisotopic (exact) mass is 389 g/mol. The Bertz CT molecular complexity index is 644. The predicted octanol–water partition coefficient (Wildman–Crippen LogP) is 3.11. The van der Waals surface area contributed by atoms with E-state index >= 15 is 0 Å². The summed E-state index contributed by atoms with van der Waals surface area (Å²) in [7, 11) is 0. The number of likely N-dealkylation sites (N-methyl/N-ethyl adjacent to an activating group) is 1. The number of amides is 2. The van der Waals surface area contributed by atoms with Gasteiger partial charge < -0.3 is 15.3 Å². The number of carboxylic acid groups (broad SMARTS) is 1. The molecule has 2 amide bonds. The number of likely N-dealkylation sites (tertiary alicyclic amines) is 1. The van der Waals surface area contributed by atoms with Crippen LogP contribution < -0.4 is 5.32 Å². The fourth-order valence-electron chi connectivity index (χ4n) is 3.70. The number of carboxylic acids is 1. The fourth-order valence-corrected chi connectivity index (χ4v) is 3.70. The van der Waals surface area contributed by atoms with Gasteiger partial charge in [-0.2, -0.15) is 0 Å². The first-order chi connectivity index (χ1) is 13.2. The highest BCUT2D eigenvalue weighted by Gasteiger charge is 2.27. The van der Waals surface area contributed by atoms with Crippen LogP contribution in [0.2, 0.25) is 0 Å². The summed E-state index contributed by atoms with van der Waals surface area (Å²) in [5, 5.41) is 12.0. The number of urea groups is 1. The SMILES string of the molecule is CCN(CC(=O)O)C1CCN(C(=O)NCCc2ccc(C(C)(C)C)cc2)CC1. The van der Waals surface area contributed by atoms with Crippen molar-refractivity contribution in [1.29, 1.82) is 0 Å². The molecule has 0 unspecified atom stereocenters. The van der Waals surface area contributed by atoms with Gasteiger partial charge in [0.15, 0.2) is 0 Å². The zero-order chi connectivity index (χ0) is 20.7. The van der Waals surface area contributed by atoms with Crippen LogP contribution in [-0.4, -0.2) is 65.7 Å². The molecule has 1 aliphatic rings. The first-order valence-electron chi connectivity index (χ1n) is 10.3. The molecule has 1 saturated heterocycles. The summed E-state index contributed by atoms with van der Waals surface area (Å²) >= 11 is 0. The molecule has 156 valence electrons. The standard InChI is InChI=1S/C22H35N3O3/c1-5-24(16-20(26)27)19-11-14-25(15-12-19)21(28)23-13-10-17-6-8-18(9-7-17)22(2,3)4/h6-9,19H,5,10-16H2,1-4H3,(H,23,28)(H,26,27). The summed E-state index contributed by atoms with van der Waals surface area (Å²) in [6.45, 7) is 11.3. The van der Waals surface area contributed by atoms with E-state index in [-0.39, 0.29) is 24.0 Å². The largest absolute Gasteiger partial charge is 0.480 e. The average molecular weight is 390 g/mol. The van der Waals surface area contributed by atoms with Crippen molar-refractivity contribution < 1.29 is 14.7 Å². The summed E-state index contributed by atoms with van der Waals surface area (Å²) in [6.07, 6.45) is 2.46. The number of aliphatic carboxylic acids is 1. The molecule has 0 radical (unpaired) electrons. The smallest absolute Gasteiger partial charge is 0.317 e. The summed E-state index contributed by atoms with van der Waals surface area (Å²) in [6, 6.07) is 8.83. The van der Waals surface area contributed by atoms with E-state index in [1.165, 1.54) is 11.1 Å². The maximum absolute atomic E-state index is 12.4. The zero-order valence-electron chi connectivity index (χ0n) is 17.7. The molecule has 0 spiro atoms. The molecule has 6 heteroatoms. The van der Waals surface area contributed by atoms with Gasteiger partial charge in [-0.05, 0) is 42.3 Å². The molecule has 2 rings (SSSR count). The molecule has 1 heterocycles. The lowest BCUT2D eigenvalue weighted by Crippen LogP contribution is -2.50. The highest BCUT2D eigenvalue weighted by Crippen LogP contribution is 2.22. The van der Waals surface area contributed by atoms with E-state index in [1.54, 1.807) is 0 Å². The first-order valence-corrected chi connectivity index (χ1v) is 10.3. The molecule has 28 heavy (non-hydrogen) atoms. The highest BCUT2D eigenvalue weighted by molar-refractivity contribution is 5.74. The van der Waals surface area contributed by atoms with E-state index in [2.05, 4.69) is 50.4 Å². The molecule has 0 saturated carbocycles. The first kappa shape index (κ1) is 22.2. The quantitative estimate of drug-likeness (QED) is 0.752. The molecule has 1 aromatic rings.